The second-order valence-electron chi connectivity index (χ2n) is 10.2. The molecule has 0 aromatic heterocycles. The van der Waals surface area contributed by atoms with Gasteiger partial charge in [0.15, 0.2) is 6.10 Å². The lowest BCUT2D eigenvalue weighted by Crippen LogP contribution is -2.48. The van der Waals surface area contributed by atoms with Gasteiger partial charge in [0.05, 0.1) is 11.3 Å². The number of rotatable bonds is 4. The first-order valence-corrected chi connectivity index (χ1v) is 11.4. The van der Waals surface area contributed by atoms with Gasteiger partial charge in [-0.2, -0.15) is 0 Å². The summed E-state index contributed by atoms with van der Waals surface area (Å²) in [6.45, 7) is 0. The van der Waals surface area contributed by atoms with Gasteiger partial charge in [-0.25, -0.2) is 4.79 Å². The fourth-order valence-electron chi connectivity index (χ4n) is 7.15. The van der Waals surface area contributed by atoms with E-state index in [1.165, 1.54) is 38.5 Å². The molecule has 5 nitrogen and oxygen atoms in total. The highest BCUT2D eigenvalue weighted by atomic mass is 16.6. The van der Waals surface area contributed by atoms with E-state index >= 15 is 0 Å². The molecule has 7 rings (SSSR count). The molecule has 4 bridgehead atoms. The van der Waals surface area contributed by atoms with Crippen molar-refractivity contribution in [1.82, 2.24) is 0 Å². The molecular weight excluding hydrogens is 390 g/mol. The predicted molar refractivity (Wildman–Crippen MR) is 116 cm³/mol. The molecular formula is C26H27NO4. The number of nitrogens with zero attached hydrogens (tertiary/aromatic N) is 1. The number of phenols is 1. The van der Waals surface area contributed by atoms with Gasteiger partial charge in [0, 0.05) is 12.0 Å². The van der Waals surface area contributed by atoms with Crippen LogP contribution in [0.25, 0.3) is 0 Å². The Kier molecular flexibility index (Phi) is 4.17. The largest absolute Gasteiger partial charge is 0.508 e. The molecule has 2 aromatic carbocycles. The fraction of sp³-hybridized carbons (Fsp3) is 0.462. The van der Waals surface area contributed by atoms with E-state index in [2.05, 4.69) is 11.2 Å². The van der Waals surface area contributed by atoms with Crippen molar-refractivity contribution < 1.29 is 19.8 Å². The maximum atomic E-state index is 11.1. The van der Waals surface area contributed by atoms with Crippen LogP contribution in [0.3, 0.4) is 0 Å². The highest BCUT2D eigenvalue weighted by Gasteiger charge is 2.52. The topological polar surface area (TPSA) is 79.1 Å². The third kappa shape index (κ3) is 3.13. The smallest absolute Gasteiger partial charge is 0.335 e. The predicted octanol–water partition coefficient (Wildman–Crippen LogP) is 5.42. The number of hydrogen-bond donors (Lipinski definition) is 2. The van der Waals surface area contributed by atoms with Crippen molar-refractivity contribution in [2.75, 3.05) is 0 Å². The number of benzene rings is 2. The van der Waals surface area contributed by atoms with E-state index < -0.39 is 5.97 Å². The van der Waals surface area contributed by atoms with Crippen LogP contribution < -0.4 is 0 Å². The Bertz CT molecular complexity index is 1040. The van der Waals surface area contributed by atoms with E-state index in [-0.39, 0.29) is 17.1 Å². The summed E-state index contributed by atoms with van der Waals surface area (Å²) in [5.74, 6) is 1.95. The van der Waals surface area contributed by atoms with E-state index in [1.54, 1.807) is 24.3 Å². The zero-order valence-corrected chi connectivity index (χ0v) is 17.5. The standard InChI is InChI=1S/C26H27NO4/c28-23-6-5-20(10-21(23)26-12-15-7-16(13-26)9-17(8-15)14-26)24-11-22(27-31-24)18-1-3-19(4-2-18)25(29)30/h1-6,10,15-17,24,28H,7-9,11-14H2,(H,29,30). The summed E-state index contributed by atoms with van der Waals surface area (Å²) in [7, 11) is 0. The minimum atomic E-state index is -0.935. The van der Waals surface area contributed by atoms with E-state index in [9.17, 15) is 9.90 Å². The summed E-state index contributed by atoms with van der Waals surface area (Å²) in [6, 6.07) is 12.7. The first kappa shape index (κ1) is 18.9. The molecule has 2 N–H and O–H groups in total. The normalized spacial score (nSPS) is 33.2. The maximum absolute atomic E-state index is 11.1. The van der Waals surface area contributed by atoms with Gasteiger partial charge in [-0.15, -0.1) is 0 Å². The lowest BCUT2D eigenvalue weighted by molar-refractivity contribution is -0.00630. The van der Waals surface area contributed by atoms with Crippen LogP contribution >= 0.6 is 0 Å². The zero-order chi connectivity index (χ0) is 21.2. The molecule has 0 saturated heterocycles. The first-order valence-electron chi connectivity index (χ1n) is 11.4. The fourth-order valence-corrected chi connectivity index (χ4v) is 7.15. The second-order valence-corrected chi connectivity index (χ2v) is 10.2. The molecule has 160 valence electrons. The number of hydrogen-bond acceptors (Lipinski definition) is 4. The molecule has 1 atom stereocenters. The lowest BCUT2D eigenvalue weighted by Gasteiger charge is -2.57. The SMILES string of the molecule is O=C(O)c1ccc(C2=NOC(c3ccc(O)c(C45CC6CC(CC(C6)C4)C5)c3)C2)cc1. The van der Waals surface area contributed by atoms with Crippen molar-refractivity contribution in [3.8, 4) is 5.75 Å². The van der Waals surface area contributed by atoms with Crippen LogP contribution in [-0.4, -0.2) is 21.9 Å². The molecule has 1 unspecified atom stereocenters. The number of oxime groups is 1. The molecule has 1 aliphatic heterocycles. The average Bonchev–Trinajstić information content (AvgIpc) is 3.23. The number of phenolic OH excluding ortho intramolecular Hbond substituents is 1. The number of carbonyl (C=O) groups is 1. The molecule has 5 heteroatoms. The Balaban J connectivity index is 1.25. The first-order chi connectivity index (χ1) is 15.0. The Hall–Kier alpha value is -2.82. The minimum Gasteiger partial charge on any atom is -0.508 e. The van der Waals surface area contributed by atoms with Crippen LogP contribution in [0.1, 0.15) is 78.1 Å². The van der Waals surface area contributed by atoms with Crippen LogP contribution in [0.4, 0.5) is 0 Å². The molecule has 1 heterocycles. The van der Waals surface area contributed by atoms with Crippen molar-refractivity contribution in [3.05, 3.63) is 64.7 Å². The summed E-state index contributed by atoms with van der Waals surface area (Å²) < 4.78 is 0. The highest BCUT2D eigenvalue weighted by molar-refractivity contribution is 6.02. The third-order valence-corrected chi connectivity index (χ3v) is 8.14. The molecule has 0 radical (unpaired) electrons. The van der Waals surface area contributed by atoms with Crippen molar-refractivity contribution in [2.45, 2.75) is 56.5 Å². The van der Waals surface area contributed by atoms with Gasteiger partial charge < -0.3 is 15.1 Å². The van der Waals surface area contributed by atoms with Gasteiger partial charge in [0.1, 0.15) is 5.75 Å². The molecule has 0 amide bonds. The van der Waals surface area contributed by atoms with Gasteiger partial charge in [-0.1, -0.05) is 23.4 Å². The minimum absolute atomic E-state index is 0.129. The lowest BCUT2D eigenvalue weighted by atomic mass is 9.48. The highest BCUT2D eigenvalue weighted by Crippen LogP contribution is 2.62. The van der Waals surface area contributed by atoms with E-state index in [0.717, 1.165) is 40.2 Å². The molecule has 0 spiro atoms. The zero-order valence-electron chi connectivity index (χ0n) is 17.5. The maximum Gasteiger partial charge on any atom is 0.335 e. The van der Waals surface area contributed by atoms with Crippen molar-refractivity contribution in [1.29, 1.82) is 0 Å². The molecule has 4 saturated carbocycles. The molecule has 2 aromatic rings. The quantitative estimate of drug-likeness (QED) is 0.696. The summed E-state index contributed by atoms with van der Waals surface area (Å²) in [6.07, 6.45) is 8.22. The van der Waals surface area contributed by atoms with E-state index in [0.29, 0.717) is 12.2 Å². The average molecular weight is 418 g/mol. The van der Waals surface area contributed by atoms with E-state index in [1.807, 2.05) is 12.1 Å². The number of aromatic carboxylic acids is 1. The van der Waals surface area contributed by atoms with Crippen molar-refractivity contribution >= 4 is 11.7 Å². The molecule has 4 aliphatic carbocycles. The Labute approximate surface area is 181 Å². The monoisotopic (exact) mass is 417 g/mol. The van der Waals surface area contributed by atoms with Gasteiger partial charge in [-0.05, 0) is 97.1 Å². The molecule has 31 heavy (non-hydrogen) atoms. The Morgan fingerprint density at radius 3 is 2.23 bits per heavy atom. The summed E-state index contributed by atoms with van der Waals surface area (Å²) in [4.78, 5) is 16.9. The van der Waals surface area contributed by atoms with Crippen molar-refractivity contribution in [3.63, 3.8) is 0 Å². The van der Waals surface area contributed by atoms with E-state index in [4.69, 9.17) is 9.94 Å². The number of aromatic hydroxyl groups is 1. The van der Waals surface area contributed by atoms with Crippen LogP contribution in [0.15, 0.2) is 47.6 Å². The summed E-state index contributed by atoms with van der Waals surface area (Å²) in [5, 5.41) is 24.2. The van der Waals surface area contributed by atoms with Crippen LogP contribution in [0.5, 0.6) is 5.75 Å². The molecule has 5 aliphatic rings. The summed E-state index contributed by atoms with van der Waals surface area (Å²) in [5.41, 5.74) is 4.28. The Morgan fingerprint density at radius 1 is 0.968 bits per heavy atom. The van der Waals surface area contributed by atoms with Crippen LogP contribution in [-0.2, 0) is 10.3 Å². The van der Waals surface area contributed by atoms with Gasteiger partial charge in [0.25, 0.3) is 0 Å². The van der Waals surface area contributed by atoms with Gasteiger partial charge >= 0.3 is 5.97 Å². The van der Waals surface area contributed by atoms with Crippen LogP contribution in [0, 0.1) is 17.8 Å². The van der Waals surface area contributed by atoms with Crippen LogP contribution in [0.2, 0.25) is 0 Å². The Morgan fingerprint density at radius 2 is 1.61 bits per heavy atom. The third-order valence-electron chi connectivity index (χ3n) is 8.14. The van der Waals surface area contributed by atoms with Gasteiger partial charge in [-0.3, -0.25) is 0 Å². The van der Waals surface area contributed by atoms with Gasteiger partial charge in [0.2, 0.25) is 0 Å². The second kappa shape index (κ2) is 6.84. The number of carboxylic acid groups (broad SMARTS) is 1. The number of carboxylic acids is 1. The summed E-state index contributed by atoms with van der Waals surface area (Å²) >= 11 is 0. The molecule has 4 fully saturated rings. The van der Waals surface area contributed by atoms with Crippen molar-refractivity contribution in [2.24, 2.45) is 22.9 Å².